The molecular formula is C11H21N3O2. The van der Waals surface area contributed by atoms with Gasteiger partial charge >= 0.3 is 0 Å². The molecule has 92 valence electrons. The first-order valence-electron chi connectivity index (χ1n) is 6.03. The predicted octanol–water partition coefficient (Wildman–Crippen LogP) is -0.515. The van der Waals surface area contributed by atoms with E-state index >= 15 is 0 Å². The summed E-state index contributed by atoms with van der Waals surface area (Å²) in [5.74, 6) is 0.198. The Morgan fingerprint density at radius 3 is 3.06 bits per heavy atom. The topological polar surface area (TPSA) is 44.8 Å². The van der Waals surface area contributed by atoms with Crippen molar-refractivity contribution in [1.82, 2.24) is 15.1 Å². The van der Waals surface area contributed by atoms with Crippen LogP contribution in [-0.2, 0) is 9.53 Å². The van der Waals surface area contributed by atoms with Gasteiger partial charge in [0.25, 0.3) is 0 Å². The Labute approximate surface area is 96.7 Å². The van der Waals surface area contributed by atoms with Crippen LogP contribution in [0.25, 0.3) is 0 Å². The monoisotopic (exact) mass is 227 g/mol. The molecule has 0 aromatic rings. The number of morpholine rings is 1. The number of nitrogens with zero attached hydrogens (tertiary/aromatic N) is 2. The second kappa shape index (κ2) is 5.12. The Morgan fingerprint density at radius 1 is 1.56 bits per heavy atom. The van der Waals surface area contributed by atoms with E-state index in [4.69, 9.17) is 4.74 Å². The molecule has 2 aliphatic rings. The van der Waals surface area contributed by atoms with Crippen LogP contribution in [0, 0.1) is 0 Å². The number of rotatable bonds is 3. The van der Waals surface area contributed by atoms with E-state index in [-0.39, 0.29) is 18.2 Å². The zero-order chi connectivity index (χ0) is 11.5. The van der Waals surface area contributed by atoms with Gasteiger partial charge < -0.3 is 14.5 Å². The van der Waals surface area contributed by atoms with Crippen molar-refractivity contribution in [3.05, 3.63) is 0 Å². The second-order valence-corrected chi connectivity index (χ2v) is 4.61. The minimum atomic E-state index is 0.164. The number of amides is 1. The van der Waals surface area contributed by atoms with Crippen LogP contribution in [0.3, 0.4) is 0 Å². The molecule has 5 heteroatoms. The van der Waals surface area contributed by atoms with Gasteiger partial charge in [0, 0.05) is 19.6 Å². The molecule has 5 nitrogen and oxygen atoms in total. The molecule has 2 unspecified atom stereocenters. The summed E-state index contributed by atoms with van der Waals surface area (Å²) in [6, 6.07) is 0. The molecule has 0 aliphatic carbocycles. The lowest BCUT2D eigenvalue weighted by Crippen LogP contribution is -2.49. The quantitative estimate of drug-likeness (QED) is 0.705. The SMILES string of the molecule is CCC1NCC(=O)N1CC1CN(C)CCO1. The summed E-state index contributed by atoms with van der Waals surface area (Å²) in [5, 5.41) is 3.21. The molecule has 2 rings (SSSR count). The molecule has 0 bridgehead atoms. The van der Waals surface area contributed by atoms with E-state index in [2.05, 4.69) is 24.2 Å². The fourth-order valence-corrected chi connectivity index (χ4v) is 2.38. The standard InChI is InChI=1S/C11H21N3O2/c1-3-10-12-6-11(15)14(10)8-9-7-13(2)4-5-16-9/h9-10,12H,3-8H2,1-2H3. The highest BCUT2D eigenvalue weighted by Gasteiger charge is 2.32. The zero-order valence-corrected chi connectivity index (χ0v) is 10.1. The summed E-state index contributed by atoms with van der Waals surface area (Å²) in [6.45, 7) is 5.96. The number of hydrogen-bond donors (Lipinski definition) is 1. The van der Waals surface area contributed by atoms with Crippen molar-refractivity contribution in [2.75, 3.05) is 39.8 Å². The number of ether oxygens (including phenoxy) is 1. The fraction of sp³-hybridized carbons (Fsp3) is 0.909. The maximum Gasteiger partial charge on any atom is 0.237 e. The number of hydrogen-bond acceptors (Lipinski definition) is 4. The highest BCUT2D eigenvalue weighted by Crippen LogP contribution is 2.12. The number of carbonyl (C=O) groups excluding carboxylic acids is 1. The highest BCUT2D eigenvalue weighted by molar-refractivity contribution is 5.80. The minimum absolute atomic E-state index is 0.164. The van der Waals surface area contributed by atoms with Crippen LogP contribution in [0.5, 0.6) is 0 Å². The number of likely N-dealkylation sites (N-methyl/N-ethyl adjacent to an activating group) is 1. The first-order chi connectivity index (χ1) is 7.70. The highest BCUT2D eigenvalue weighted by atomic mass is 16.5. The van der Waals surface area contributed by atoms with Gasteiger partial charge in [-0.05, 0) is 13.5 Å². The summed E-state index contributed by atoms with van der Waals surface area (Å²) in [7, 11) is 2.09. The van der Waals surface area contributed by atoms with Crippen molar-refractivity contribution >= 4 is 5.91 Å². The molecule has 0 aromatic heterocycles. The molecule has 16 heavy (non-hydrogen) atoms. The summed E-state index contributed by atoms with van der Waals surface area (Å²) in [4.78, 5) is 15.9. The van der Waals surface area contributed by atoms with Crippen molar-refractivity contribution in [3.8, 4) is 0 Å². The molecular weight excluding hydrogens is 206 g/mol. The smallest absolute Gasteiger partial charge is 0.237 e. The van der Waals surface area contributed by atoms with Gasteiger partial charge in [-0.1, -0.05) is 6.92 Å². The van der Waals surface area contributed by atoms with Gasteiger partial charge in [0.1, 0.15) is 0 Å². The second-order valence-electron chi connectivity index (χ2n) is 4.61. The van der Waals surface area contributed by atoms with E-state index in [1.54, 1.807) is 0 Å². The lowest BCUT2D eigenvalue weighted by Gasteiger charge is -2.34. The van der Waals surface area contributed by atoms with Gasteiger partial charge in [-0.3, -0.25) is 10.1 Å². The van der Waals surface area contributed by atoms with Gasteiger partial charge in [-0.25, -0.2) is 0 Å². The first-order valence-corrected chi connectivity index (χ1v) is 6.03. The van der Waals surface area contributed by atoms with Crippen molar-refractivity contribution < 1.29 is 9.53 Å². The van der Waals surface area contributed by atoms with Crippen molar-refractivity contribution in [1.29, 1.82) is 0 Å². The van der Waals surface area contributed by atoms with Gasteiger partial charge in [0.05, 0.1) is 25.4 Å². The predicted molar refractivity (Wildman–Crippen MR) is 61.0 cm³/mol. The van der Waals surface area contributed by atoms with Gasteiger partial charge in [-0.2, -0.15) is 0 Å². The lowest BCUT2D eigenvalue weighted by atomic mass is 10.2. The fourth-order valence-electron chi connectivity index (χ4n) is 2.38. The van der Waals surface area contributed by atoms with E-state index in [1.807, 2.05) is 4.90 Å². The van der Waals surface area contributed by atoms with Gasteiger partial charge in [-0.15, -0.1) is 0 Å². The normalized spacial score (nSPS) is 32.4. The zero-order valence-electron chi connectivity index (χ0n) is 10.1. The van der Waals surface area contributed by atoms with Gasteiger partial charge in [0.15, 0.2) is 0 Å². The molecule has 2 saturated heterocycles. The Balaban J connectivity index is 1.89. The number of nitrogens with one attached hydrogen (secondary N) is 1. The van der Waals surface area contributed by atoms with E-state index < -0.39 is 0 Å². The van der Waals surface area contributed by atoms with Crippen LogP contribution in [0.4, 0.5) is 0 Å². The van der Waals surface area contributed by atoms with Crippen molar-refractivity contribution in [3.63, 3.8) is 0 Å². The van der Waals surface area contributed by atoms with E-state index in [9.17, 15) is 4.79 Å². The number of carbonyl (C=O) groups is 1. The average molecular weight is 227 g/mol. The molecule has 0 radical (unpaired) electrons. The molecule has 2 heterocycles. The molecule has 0 spiro atoms. The van der Waals surface area contributed by atoms with E-state index in [0.717, 1.165) is 26.1 Å². The Kier molecular flexibility index (Phi) is 3.78. The largest absolute Gasteiger partial charge is 0.374 e. The van der Waals surface area contributed by atoms with Crippen LogP contribution < -0.4 is 5.32 Å². The molecule has 0 aromatic carbocycles. The van der Waals surface area contributed by atoms with Crippen LogP contribution in [0.15, 0.2) is 0 Å². The third-order valence-corrected chi connectivity index (χ3v) is 3.31. The summed E-state index contributed by atoms with van der Waals surface area (Å²) in [6.07, 6.45) is 1.31. The summed E-state index contributed by atoms with van der Waals surface area (Å²) >= 11 is 0. The van der Waals surface area contributed by atoms with Crippen LogP contribution in [0.1, 0.15) is 13.3 Å². The summed E-state index contributed by atoms with van der Waals surface area (Å²) in [5.41, 5.74) is 0. The molecule has 2 fully saturated rings. The maximum absolute atomic E-state index is 11.7. The lowest BCUT2D eigenvalue weighted by molar-refractivity contribution is -0.131. The third kappa shape index (κ3) is 2.53. The third-order valence-electron chi connectivity index (χ3n) is 3.31. The minimum Gasteiger partial charge on any atom is -0.374 e. The molecule has 1 N–H and O–H groups in total. The first kappa shape index (κ1) is 11.8. The molecule has 2 aliphatic heterocycles. The molecule has 0 saturated carbocycles. The van der Waals surface area contributed by atoms with Gasteiger partial charge in [0.2, 0.25) is 5.91 Å². The van der Waals surface area contributed by atoms with Crippen LogP contribution in [0.2, 0.25) is 0 Å². The van der Waals surface area contributed by atoms with Crippen LogP contribution >= 0.6 is 0 Å². The average Bonchev–Trinajstić information content (AvgIpc) is 2.60. The van der Waals surface area contributed by atoms with E-state index in [1.165, 1.54) is 0 Å². The Bertz CT molecular complexity index is 260. The van der Waals surface area contributed by atoms with Crippen LogP contribution in [-0.4, -0.2) is 67.8 Å². The Morgan fingerprint density at radius 2 is 2.38 bits per heavy atom. The van der Waals surface area contributed by atoms with Crippen molar-refractivity contribution in [2.45, 2.75) is 25.6 Å². The van der Waals surface area contributed by atoms with E-state index in [0.29, 0.717) is 13.1 Å². The molecule has 2 atom stereocenters. The Hall–Kier alpha value is -0.650. The van der Waals surface area contributed by atoms with Crippen molar-refractivity contribution in [2.24, 2.45) is 0 Å². The summed E-state index contributed by atoms with van der Waals surface area (Å²) < 4.78 is 5.69. The maximum atomic E-state index is 11.7. The molecule has 1 amide bonds.